The standard InChI is InChI=1S/C9H9BrFNOS/c10-7-2-1-6(11)5-8(7)12-9(13)3-4-14/h1-2,5,14H,3-4H2,(H,12,13). The lowest BCUT2D eigenvalue weighted by Gasteiger charge is -2.06. The van der Waals surface area contributed by atoms with E-state index in [-0.39, 0.29) is 11.7 Å². The minimum atomic E-state index is -0.380. The Bertz CT molecular complexity index is 346. The van der Waals surface area contributed by atoms with Gasteiger partial charge >= 0.3 is 0 Å². The minimum Gasteiger partial charge on any atom is -0.325 e. The van der Waals surface area contributed by atoms with Gasteiger partial charge in [0, 0.05) is 10.9 Å². The molecular weight excluding hydrogens is 269 g/mol. The fourth-order valence-electron chi connectivity index (χ4n) is 0.908. The molecule has 0 aromatic heterocycles. The molecule has 76 valence electrons. The topological polar surface area (TPSA) is 29.1 Å². The Kier molecular flexibility index (Phi) is 4.41. The summed E-state index contributed by atoms with van der Waals surface area (Å²) in [6.45, 7) is 0. The van der Waals surface area contributed by atoms with Crippen molar-refractivity contribution >= 4 is 40.2 Å². The maximum Gasteiger partial charge on any atom is 0.225 e. The van der Waals surface area contributed by atoms with Gasteiger partial charge < -0.3 is 5.32 Å². The molecule has 0 unspecified atom stereocenters. The van der Waals surface area contributed by atoms with Crippen LogP contribution in [0.25, 0.3) is 0 Å². The summed E-state index contributed by atoms with van der Waals surface area (Å²) in [6.07, 6.45) is 0.312. The molecular formula is C9H9BrFNOS. The maximum atomic E-state index is 12.8. The second-order valence-electron chi connectivity index (χ2n) is 2.65. The van der Waals surface area contributed by atoms with E-state index >= 15 is 0 Å². The van der Waals surface area contributed by atoms with Crippen LogP contribution >= 0.6 is 28.6 Å². The van der Waals surface area contributed by atoms with Crippen LogP contribution in [0, 0.1) is 5.82 Å². The van der Waals surface area contributed by atoms with Gasteiger partial charge in [0.1, 0.15) is 5.82 Å². The molecule has 0 spiro atoms. The highest BCUT2D eigenvalue weighted by Gasteiger charge is 2.05. The van der Waals surface area contributed by atoms with Crippen molar-refractivity contribution in [2.45, 2.75) is 6.42 Å². The van der Waals surface area contributed by atoms with Crippen LogP contribution in [0.5, 0.6) is 0 Å². The van der Waals surface area contributed by atoms with Crippen LogP contribution in [-0.4, -0.2) is 11.7 Å². The molecule has 5 heteroatoms. The molecule has 0 saturated heterocycles. The number of rotatable bonds is 3. The third-order valence-corrected chi connectivity index (χ3v) is 2.46. The first-order valence-corrected chi connectivity index (χ1v) is 5.42. The average Bonchev–Trinajstić information content (AvgIpc) is 2.12. The van der Waals surface area contributed by atoms with Gasteiger partial charge in [0.15, 0.2) is 0 Å². The molecule has 1 N–H and O–H groups in total. The number of nitrogens with one attached hydrogen (secondary N) is 1. The minimum absolute atomic E-state index is 0.175. The molecule has 2 nitrogen and oxygen atoms in total. The van der Waals surface area contributed by atoms with Crippen molar-refractivity contribution in [1.29, 1.82) is 0 Å². The SMILES string of the molecule is O=C(CCS)Nc1cc(F)ccc1Br. The van der Waals surface area contributed by atoms with Crippen molar-refractivity contribution in [1.82, 2.24) is 0 Å². The highest BCUT2D eigenvalue weighted by molar-refractivity contribution is 9.10. The number of anilines is 1. The van der Waals surface area contributed by atoms with Gasteiger partial charge in [-0.05, 0) is 39.9 Å². The van der Waals surface area contributed by atoms with Crippen LogP contribution in [-0.2, 0) is 4.79 Å². The van der Waals surface area contributed by atoms with Crippen LogP contribution in [0.15, 0.2) is 22.7 Å². The van der Waals surface area contributed by atoms with Gasteiger partial charge in [-0.2, -0.15) is 12.6 Å². The lowest BCUT2D eigenvalue weighted by Crippen LogP contribution is -2.12. The van der Waals surface area contributed by atoms with E-state index in [0.717, 1.165) is 0 Å². The van der Waals surface area contributed by atoms with E-state index in [1.807, 2.05) is 0 Å². The second kappa shape index (κ2) is 5.36. The van der Waals surface area contributed by atoms with Gasteiger partial charge in [-0.3, -0.25) is 4.79 Å². The van der Waals surface area contributed by atoms with Crippen LogP contribution in [0.4, 0.5) is 10.1 Å². The first-order valence-electron chi connectivity index (χ1n) is 3.99. The summed E-state index contributed by atoms with van der Waals surface area (Å²) in [4.78, 5) is 11.2. The van der Waals surface area contributed by atoms with Crippen LogP contribution in [0.1, 0.15) is 6.42 Å². The summed E-state index contributed by atoms with van der Waals surface area (Å²) < 4.78 is 13.5. The fourth-order valence-corrected chi connectivity index (χ4v) is 1.46. The molecule has 1 aromatic rings. The summed E-state index contributed by atoms with van der Waals surface area (Å²) in [7, 11) is 0. The Labute approximate surface area is 95.4 Å². The van der Waals surface area contributed by atoms with Gasteiger partial charge in [0.05, 0.1) is 5.69 Å². The maximum absolute atomic E-state index is 12.8. The molecule has 14 heavy (non-hydrogen) atoms. The lowest BCUT2D eigenvalue weighted by molar-refractivity contribution is -0.115. The van der Waals surface area contributed by atoms with Crippen LogP contribution in [0.3, 0.4) is 0 Å². The molecule has 0 aliphatic rings. The third-order valence-electron chi connectivity index (χ3n) is 1.54. The number of benzene rings is 1. The van der Waals surface area contributed by atoms with E-state index in [1.165, 1.54) is 12.1 Å². The average molecular weight is 278 g/mol. The quantitative estimate of drug-likeness (QED) is 0.818. The van der Waals surface area contributed by atoms with E-state index in [1.54, 1.807) is 6.07 Å². The zero-order chi connectivity index (χ0) is 10.6. The molecule has 1 aromatic carbocycles. The van der Waals surface area contributed by atoms with Gasteiger partial charge in [0.2, 0.25) is 5.91 Å². The van der Waals surface area contributed by atoms with Gasteiger partial charge in [-0.1, -0.05) is 0 Å². The second-order valence-corrected chi connectivity index (χ2v) is 3.95. The van der Waals surface area contributed by atoms with E-state index in [0.29, 0.717) is 22.3 Å². The third kappa shape index (κ3) is 3.31. The first kappa shape index (κ1) is 11.5. The van der Waals surface area contributed by atoms with E-state index in [9.17, 15) is 9.18 Å². The normalized spacial score (nSPS) is 9.93. The van der Waals surface area contributed by atoms with Gasteiger partial charge in [-0.25, -0.2) is 4.39 Å². The Morgan fingerprint density at radius 3 is 2.93 bits per heavy atom. The van der Waals surface area contributed by atoms with Crippen LogP contribution < -0.4 is 5.32 Å². The van der Waals surface area contributed by atoms with Crippen molar-refractivity contribution in [3.63, 3.8) is 0 Å². The lowest BCUT2D eigenvalue weighted by atomic mass is 10.3. The smallest absolute Gasteiger partial charge is 0.225 e. The molecule has 0 heterocycles. The summed E-state index contributed by atoms with van der Waals surface area (Å²) in [5.41, 5.74) is 0.441. The molecule has 0 aliphatic carbocycles. The van der Waals surface area contributed by atoms with Crippen molar-refractivity contribution < 1.29 is 9.18 Å². The van der Waals surface area contributed by atoms with Crippen molar-refractivity contribution in [3.8, 4) is 0 Å². The zero-order valence-corrected chi connectivity index (χ0v) is 9.74. The molecule has 0 saturated carbocycles. The number of halogens is 2. The predicted octanol–water partition coefficient (Wildman–Crippen LogP) is 2.85. The zero-order valence-electron chi connectivity index (χ0n) is 7.26. The molecule has 0 bridgehead atoms. The van der Waals surface area contributed by atoms with Crippen LogP contribution in [0.2, 0.25) is 0 Å². The summed E-state index contributed by atoms with van der Waals surface area (Å²) in [6, 6.07) is 4.13. The number of carbonyl (C=O) groups excluding carboxylic acids is 1. The Morgan fingerprint density at radius 2 is 2.29 bits per heavy atom. The molecule has 0 fully saturated rings. The number of amides is 1. The van der Waals surface area contributed by atoms with Crippen molar-refractivity contribution in [2.75, 3.05) is 11.1 Å². The number of carbonyl (C=O) groups is 1. The van der Waals surface area contributed by atoms with E-state index in [4.69, 9.17) is 0 Å². The molecule has 0 radical (unpaired) electrons. The Balaban J connectivity index is 2.75. The molecule has 1 amide bonds. The highest BCUT2D eigenvalue weighted by Crippen LogP contribution is 2.23. The van der Waals surface area contributed by atoms with E-state index < -0.39 is 0 Å². The Morgan fingerprint density at radius 1 is 1.57 bits per heavy atom. The molecule has 0 atom stereocenters. The fraction of sp³-hybridized carbons (Fsp3) is 0.222. The highest BCUT2D eigenvalue weighted by atomic mass is 79.9. The van der Waals surface area contributed by atoms with Gasteiger partial charge in [-0.15, -0.1) is 0 Å². The largest absolute Gasteiger partial charge is 0.325 e. The Hall–Kier alpha value is -0.550. The predicted molar refractivity (Wildman–Crippen MR) is 61.2 cm³/mol. The van der Waals surface area contributed by atoms with Crippen molar-refractivity contribution in [2.24, 2.45) is 0 Å². The van der Waals surface area contributed by atoms with Gasteiger partial charge in [0.25, 0.3) is 0 Å². The van der Waals surface area contributed by atoms with E-state index in [2.05, 4.69) is 33.9 Å². The molecule has 1 rings (SSSR count). The summed E-state index contributed by atoms with van der Waals surface area (Å²) >= 11 is 7.14. The summed E-state index contributed by atoms with van der Waals surface area (Å²) in [5.74, 6) is -0.0839. The number of thiol groups is 1. The van der Waals surface area contributed by atoms with Crippen molar-refractivity contribution in [3.05, 3.63) is 28.5 Å². The number of hydrogen-bond donors (Lipinski definition) is 2. The number of hydrogen-bond acceptors (Lipinski definition) is 2. The monoisotopic (exact) mass is 277 g/mol. The summed E-state index contributed by atoms with van der Waals surface area (Å²) in [5, 5.41) is 2.58. The molecule has 0 aliphatic heterocycles. The first-order chi connectivity index (χ1) is 6.63.